The first-order valence-electron chi connectivity index (χ1n) is 10.0. The maximum absolute atomic E-state index is 5.42. The van der Waals surface area contributed by atoms with Crippen LogP contribution in [0.2, 0.25) is 0 Å². The molecule has 0 aliphatic carbocycles. The molecule has 1 aliphatic rings. The molecule has 0 radical (unpaired) electrons. The molecule has 0 fully saturated rings. The Bertz CT molecular complexity index is 590. The van der Waals surface area contributed by atoms with E-state index in [0.717, 1.165) is 17.8 Å². The summed E-state index contributed by atoms with van der Waals surface area (Å²) < 4.78 is 10.7. The molecule has 0 aromatic carbocycles. The van der Waals surface area contributed by atoms with Crippen LogP contribution in [0.4, 0.5) is 0 Å². The van der Waals surface area contributed by atoms with E-state index in [1.165, 1.54) is 37.7 Å². The minimum atomic E-state index is 0.240. The second kappa shape index (κ2) is 15.2. The van der Waals surface area contributed by atoms with Crippen LogP contribution >= 0.6 is 0 Å². The predicted octanol–water partition coefficient (Wildman–Crippen LogP) is 5.46. The van der Waals surface area contributed by atoms with E-state index in [0.29, 0.717) is 18.9 Å². The number of allylic oxidation sites excluding steroid dienone is 2. The van der Waals surface area contributed by atoms with Crippen molar-refractivity contribution in [2.24, 2.45) is 0 Å². The highest BCUT2D eigenvalue weighted by molar-refractivity contribution is 5.29. The minimum Gasteiger partial charge on any atom is -0.468 e. The second-order valence-electron chi connectivity index (χ2n) is 6.65. The van der Waals surface area contributed by atoms with Crippen molar-refractivity contribution in [3.63, 3.8) is 0 Å². The van der Waals surface area contributed by atoms with Gasteiger partial charge in [0, 0.05) is 30.6 Å². The summed E-state index contributed by atoms with van der Waals surface area (Å²) in [5.74, 6) is 0.648. The van der Waals surface area contributed by atoms with Crippen LogP contribution in [-0.2, 0) is 16.0 Å². The normalized spacial score (nSPS) is 17.3. The first-order valence-corrected chi connectivity index (χ1v) is 10.0. The molecule has 1 N–H and O–H groups in total. The number of nitrogens with zero attached hydrogens (tertiary/aromatic N) is 1. The molecule has 0 saturated heterocycles. The minimum absolute atomic E-state index is 0.240. The number of nitrogens with one attached hydrogen (secondary N) is 1. The molecule has 2 heterocycles. The van der Waals surface area contributed by atoms with Gasteiger partial charge in [0.1, 0.15) is 5.76 Å². The third-order valence-electron chi connectivity index (χ3n) is 4.13. The standard InChI is InChI=1S/C16H20N2O2.C7H16/c1-13-9-15(6-7-18-13)10-17-11-16-5-3-4-8-19-12-20-14(16)2;1-3-5-7-6-4-2/h3-7,9,17H,2,8,10-12H2,1H3;3-7H2,1-2H3/b4-3-,16-5-;. The van der Waals surface area contributed by atoms with Crippen LogP contribution < -0.4 is 5.32 Å². The lowest BCUT2D eigenvalue weighted by molar-refractivity contribution is -0.00750. The Morgan fingerprint density at radius 1 is 1.15 bits per heavy atom. The summed E-state index contributed by atoms with van der Waals surface area (Å²) in [6, 6.07) is 4.08. The summed E-state index contributed by atoms with van der Waals surface area (Å²) in [6.07, 6.45) is 14.8. The van der Waals surface area contributed by atoms with Gasteiger partial charge in [0.15, 0.2) is 6.79 Å². The number of aromatic nitrogens is 1. The number of ether oxygens (including phenoxy) is 2. The number of hydrogen-bond donors (Lipinski definition) is 1. The van der Waals surface area contributed by atoms with Crippen LogP contribution in [0.15, 0.2) is 54.5 Å². The summed E-state index contributed by atoms with van der Waals surface area (Å²) in [5.41, 5.74) is 3.27. The molecular weight excluding hydrogens is 336 g/mol. The molecule has 1 aliphatic heterocycles. The average Bonchev–Trinajstić information content (AvgIpc) is 2.76. The van der Waals surface area contributed by atoms with Gasteiger partial charge in [-0.25, -0.2) is 0 Å². The van der Waals surface area contributed by atoms with Gasteiger partial charge in [-0.2, -0.15) is 0 Å². The fourth-order valence-corrected chi connectivity index (χ4v) is 2.54. The highest BCUT2D eigenvalue weighted by atomic mass is 16.7. The Morgan fingerprint density at radius 2 is 1.93 bits per heavy atom. The van der Waals surface area contributed by atoms with Gasteiger partial charge >= 0.3 is 0 Å². The monoisotopic (exact) mass is 372 g/mol. The summed E-state index contributed by atoms with van der Waals surface area (Å²) in [4.78, 5) is 4.19. The zero-order chi connectivity index (χ0) is 19.7. The zero-order valence-electron chi connectivity index (χ0n) is 17.3. The largest absolute Gasteiger partial charge is 0.468 e. The van der Waals surface area contributed by atoms with Gasteiger partial charge in [-0.3, -0.25) is 4.98 Å². The topological polar surface area (TPSA) is 43.4 Å². The van der Waals surface area contributed by atoms with E-state index in [1.54, 1.807) is 0 Å². The predicted molar refractivity (Wildman–Crippen MR) is 113 cm³/mol. The van der Waals surface area contributed by atoms with Gasteiger partial charge in [-0.05, 0) is 24.6 Å². The molecule has 2 rings (SSSR count). The highest BCUT2D eigenvalue weighted by Crippen LogP contribution is 2.11. The number of rotatable bonds is 8. The van der Waals surface area contributed by atoms with E-state index in [2.05, 4.69) is 36.8 Å². The van der Waals surface area contributed by atoms with Crippen molar-refractivity contribution >= 4 is 0 Å². The van der Waals surface area contributed by atoms with Crippen molar-refractivity contribution in [2.45, 2.75) is 59.4 Å². The molecule has 0 saturated carbocycles. The van der Waals surface area contributed by atoms with Crippen molar-refractivity contribution < 1.29 is 9.47 Å². The van der Waals surface area contributed by atoms with E-state index >= 15 is 0 Å². The van der Waals surface area contributed by atoms with E-state index < -0.39 is 0 Å². The van der Waals surface area contributed by atoms with Gasteiger partial charge < -0.3 is 14.8 Å². The van der Waals surface area contributed by atoms with E-state index in [4.69, 9.17) is 9.47 Å². The van der Waals surface area contributed by atoms with Crippen molar-refractivity contribution in [1.29, 1.82) is 0 Å². The average molecular weight is 373 g/mol. The first-order chi connectivity index (χ1) is 13.2. The second-order valence-corrected chi connectivity index (χ2v) is 6.65. The lowest BCUT2D eigenvalue weighted by Crippen LogP contribution is -2.18. The molecule has 0 atom stereocenters. The summed E-state index contributed by atoms with van der Waals surface area (Å²) in [5, 5.41) is 3.39. The van der Waals surface area contributed by atoms with Crippen molar-refractivity contribution in [3.05, 3.63) is 65.7 Å². The van der Waals surface area contributed by atoms with Crippen LogP contribution in [0, 0.1) is 6.92 Å². The Morgan fingerprint density at radius 3 is 2.63 bits per heavy atom. The van der Waals surface area contributed by atoms with E-state index in [9.17, 15) is 0 Å². The third-order valence-corrected chi connectivity index (χ3v) is 4.13. The van der Waals surface area contributed by atoms with Crippen LogP contribution in [0.5, 0.6) is 0 Å². The molecule has 4 heteroatoms. The Balaban J connectivity index is 0.000000445. The molecule has 27 heavy (non-hydrogen) atoms. The maximum Gasteiger partial charge on any atom is 0.189 e. The molecule has 0 bridgehead atoms. The molecule has 4 nitrogen and oxygen atoms in total. The Hall–Kier alpha value is -1.91. The van der Waals surface area contributed by atoms with E-state index in [-0.39, 0.29) is 6.79 Å². The van der Waals surface area contributed by atoms with E-state index in [1.807, 2.05) is 37.4 Å². The maximum atomic E-state index is 5.42. The smallest absolute Gasteiger partial charge is 0.189 e. The molecule has 1 aromatic rings. The highest BCUT2D eigenvalue weighted by Gasteiger charge is 2.05. The SMILES string of the molecule is C=C1OCOC/C=C\C=C/1CNCc1ccnc(C)c1.CCCCCCC. The molecule has 0 unspecified atom stereocenters. The summed E-state index contributed by atoms with van der Waals surface area (Å²) >= 11 is 0. The van der Waals surface area contributed by atoms with Gasteiger partial charge in [-0.15, -0.1) is 0 Å². The quantitative estimate of drug-likeness (QED) is 0.616. The number of unbranched alkanes of at least 4 members (excludes halogenated alkanes) is 4. The number of pyridine rings is 1. The van der Waals surface area contributed by atoms with Crippen LogP contribution in [0.25, 0.3) is 0 Å². The van der Waals surface area contributed by atoms with Gasteiger partial charge in [0.2, 0.25) is 0 Å². The van der Waals surface area contributed by atoms with Crippen molar-refractivity contribution in [2.75, 3.05) is 19.9 Å². The molecule has 150 valence electrons. The summed E-state index contributed by atoms with van der Waals surface area (Å²) in [7, 11) is 0. The number of aryl methyl sites for hydroxylation is 1. The lowest BCUT2D eigenvalue weighted by Gasteiger charge is -2.12. The molecule has 0 amide bonds. The van der Waals surface area contributed by atoms with Crippen LogP contribution in [-0.4, -0.2) is 24.9 Å². The fraction of sp³-hybridized carbons (Fsp3) is 0.522. The first kappa shape index (κ1) is 23.1. The molecule has 1 aromatic heterocycles. The van der Waals surface area contributed by atoms with Gasteiger partial charge in [0.25, 0.3) is 0 Å². The number of hydrogen-bond acceptors (Lipinski definition) is 4. The third kappa shape index (κ3) is 11.4. The van der Waals surface area contributed by atoms with Gasteiger partial charge in [-0.1, -0.05) is 70.8 Å². The van der Waals surface area contributed by atoms with Gasteiger partial charge in [0.05, 0.1) is 6.61 Å². The van der Waals surface area contributed by atoms with Crippen molar-refractivity contribution in [3.8, 4) is 0 Å². The van der Waals surface area contributed by atoms with Crippen molar-refractivity contribution in [1.82, 2.24) is 10.3 Å². The lowest BCUT2D eigenvalue weighted by atomic mass is 10.2. The fourth-order valence-electron chi connectivity index (χ4n) is 2.54. The molecule has 0 spiro atoms. The van der Waals surface area contributed by atoms with Crippen LogP contribution in [0.3, 0.4) is 0 Å². The summed E-state index contributed by atoms with van der Waals surface area (Å²) in [6.45, 7) is 12.7. The molecular formula is C23H36N2O2. The zero-order valence-corrected chi connectivity index (χ0v) is 17.3. The Kier molecular flexibility index (Phi) is 13.0. The Labute approximate surface area is 165 Å². The van der Waals surface area contributed by atoms with Crippen LogP contribution in [0.1, 0.15) is 57.2 Å².